The van der Waals surface area contributed by atoms with Gasteiger partial charge < -0.3 is 0 Å². The van der Waals surface area contributed by atoms with Crippen LogP contribution in [0.1, 0.15) is 0 Å². The minimum Gasteiger partial charge on any atom is -0.188 e. The van der Waals surface area contributed by atoms with E-state index in [-0.39, 0.29) is 0 Å². The minimum absolute atomic E-state index is 1.83. The van der Waals surface area contributed by atoms with Gasteiger partial charge in [0.1, 0.15) is 0 Å². The molecule has 11 heavy (non-hydrogen) atoms. The van der Waals surface area contributed by atoms with Crippen LogP contribution in [0.5, 0.6) is 0 Å². The van der Waals surface area contributed by atoms with Crippen LogP contribution in [0.25, 0.3) is 0 Å². The number of rotatable bonds is 1. The number of halogens is 7. The Morgan fingerprint density at radius 1 is 0.727 bits per heavy atom. The predicted molar refractivity (Wildman–Crippen MR) is 24.9 cm³/mol. The molecular formula is C3HF7S. The van der Waals surface area contributed by atoms with Crippen molar-refractivity contribution in [3.63, 3.8) is 0 Å². The molecule has 0 radical (unpaired) electrons. The van der Waals surface area contributed by atoms with Gasteiger partial charge in [0.05, 0.1) is 0 Å². The summed E-state index contributed by atoms with van der Waals surface area (Å²) in [6, 6.07) is 0. The molecule has 0 saturated carbocycles. The van der Waals surface area contributed by atoms with Gasteiger partial charge in [-0.3, -0.25) is 0 Å². The van der Waals surface area contributed by atoms with Crippen LogP contribution in [-0.2, 0) is 0 Å². The van der Waals surface area contributed by atoms with Gasteiger partial charge in [0.15, 0.2) is 0 Å². The van der Waals surface area contributed by atoms with E-state index in [0.717, 1.165) is 0 Å². The van der Waals surface area contributed by atoms with Crippen LogP contribution in [0.3, 0.4) is 0 Å². The summed E-state index contributed by atoms with van der Waals surface area (Å²) in [5.74, 6) is -6.09. The summed E-state index contributed by atoms with van der Waals surface area (Å²) in [5, 5.41) is -5.38. The summed E-state index contributed by atoms with van der Waals surface area (Å²) in [6.07, 6.45) is -6.28. The van der Waals surface area contributed by atoms with Gasteiger partial charge in [-0.15, -0.1) is 0 Å². The van der Waals surface area contributed by atoms with Crippen molar-refractivity contribution in [3.05, 3.63) is 0 Å². The zero-order valence-corrected chi connectivity index (χ0v) is 5.49. The molecule has 68 valence electrons. The summed E-state index contributed by atoms with van der Waals surface area (Å²) in [5.41, 5.74) is 0. The third kappa shape index (κ3) is 1.91. The summed E-state index contributed by atoms with van der Waals surface area (Å²) in [6.45, 7) is 0. The zero-order valence-electron chi connectivity index (χ0n) is 4.59. The molecule has 0 spiro atoms. The molecule has 0 fully saturated rings. The highest BCUT2D eigenvalue weighted by atomic mass is 32.1. The first kappa shape index (κ1) is 10.9. The molecular weight excluding hydrogens is 201 g/mol. The predicted octanol–water partition coefficient (Wildman–Crippen LogP) is 2.71. The number of hydrogen-bond acceptors (Lipinski definition) is 1. The van der Waals surface area contributed by atoms with Gasteiger partial charge in [-0.05, 0) is 0 Å². The fourth-order valence-electron chi connectivity index (χ4n) is 0.171. The van der Waals surface area contributed by atoms with E-state index >= 15 is 0 Å². The molecule has 0 aliphatic rings. The molecule has 0 bridgehead atoms. The fraction of sp³-hybridized carbons (Fsp3) is 1.00. The summed E-state index contributed by atoms with van der Waals surface area (Å²) in [7, 11) is 0. The fourth-order valence-corrected chi connectivity index (χ4v) is 0.297. The first-order valence-electron chi connectivity index (χ1n) is 2.05. The smallest absolute Gasteiger partial charge is 0.188 e. The van der Waals surface area contributed by atoms with E-state index in [0.29, 0.717) is 0 Å². The van der Waals surface area contributed by atoms with Crippen molar-refractivity contribution in [2.24, 2.45) is 0 Å². The first-order valence-corrected chi connectivity index (χ1v) is 2.49. The van der Waals surface area contributed by atoms with Crippen LogP contribution in [-0.4, -0.2) is 17.4 Å². The molecule has 8 heteroatoms. The number of thiol groups is 1. The lowest BCUT2D eigenvalue weighted by atomic mass is 10.3. The molecule has 0 heterocycles. The quantitative estimate of drug-likeness (QED) is 0.490. The van der Waals surface area contributed by atoms with Crippen molar-refractivity contribution in [3.8, 4) is 0 Å². The Labute approximate surface area is 61.8 Å². The third-order valence-electron chi connectivity index (χ3n) is 0.734. The molecule has 0 aliphatic carbocycles. The average Bonchev–Trinajstić information content (AvgIpc) is 1.58. The molecule has 0 saturated heterocycles. The van der Waals surface area contributed by atoms with Crippen LogP contribution < -0.4 is 0 Å². The van der Waals surface area contributed by atoms with E-state index in [1.165, 1.54) is 0 Å². The highest BCUT2D eigenvalue weighted by Gasteiger charge is 2.71. The van der Waals surface area contributed by atoms with Crippen LogP contribution in [0, 0.1) is 0 Å². The molecule has 0 nitrogen and oxygen atoms in total. The zero-order chi connectivity index (χ0) is 9.50. The third-order valence-corrected chi connectivity index (χ3v) is 1.01. The van der Waals surface area contributed by atoms with Gasteiger partial charge in [0.25, 0.3) is 0 Å². The Morgan fingerprint density at radius 2 is 1.00 bits per heavy atom. The number of alkyl halides is 7. The minimum atomic E-state index is -6.28. The van der Waals surface area contributed by atoms with Crippen LogP contribution in [0.2, 0.25) is 0 Å². The lowest BCUT2D eigenvalue weighted by Gasteiger charge is -2.23. The van der Waals surface area contributed by atoms with E-state index in [2.05, 4.69) is 0 Å². The Hall–Kier alpha value is -0.140. The molecule has 0 atom stereocenters. The van der Waals surface area contributed by atoms with E-state index in [9.17, 15) is 30.7 Å². The van der Waals surface area contributed by atoms with Crippen molar-refractivity contribution in [1.29, 1.82) is 0 Å². The standard InChI is InChI=1S/C3HF7S/c4-1(5,2(6,7)8)3(9,10)11/h11H. The second-order valence-electron chi connectivity index (χ2n) is 1.61. The Bertz CT molecular complexity index is 125. The van der Waals surface area contributed by atoms with Crippen LogP contribution >= 0.6 is 12.6 Å². The average molecular weight is 202 g/mol. The lowest BCUT2D eigenvalue weighted by Crippen LogP contribution is -2.48. The lowest BCUT2D eigenvalue weighted by molar-refractivity contribution is -0.329. The second kappa shape index (κ2) is 2.43. The Morgan fingerprint density at radius 3 is 1.00 bits per heavy atom. The Kier molecular flexibility index (Phi) is 2.40. The molecule has 0 amide bonds. The Balaban J connectivity index is 4.75. The van der Waals surface area contributed by atoms with Gasteiger partial charge >= 0.3 is 17.4 Å². The highest BCUT2D eigenvalue weighted by Crippen LogP contribution is 2.48. The monoisotopic (exact) mass is 202 g/mol. The van der Waals surface area contributed by atoms with Crippen LogP contribution in [0.4, 0.5) is 30.7 Å². The van der Waals surface area contributed by atoms with Gasteiger partial charge in [0.2, 0.25) is 0 Å². The maximum Gasteiger partial charge on any atom is 0.460 e. The van der Waals surface area contributed by atoms with Crippen molar-refractivity contribution in [1.82, 2.24) is 0 Å². The summed E-state index contributed by atoms with van der Waals surface area (Å²) < 4.78 is 78.9. The van der Waals surface area contributed by atoms with Gasteiger partial charge in [0, 0.05) is 0 Å². The van der Waals surface area contributed by atoms with Crippen molar-refractivity contribution in [2.75, 3.05) is 0 Å². The van der Waals surface area contributed by atoms with E-state index in [4.69, 9.17) is 0 Å². The largest absolute Gasteiger partial charge is 0.460 e. The van der Waals surface area contributed by atoms with E-state index in [1.807, 2.05) is 12.6 Å². The maximum absolute atomic E-state index is 11.5. The SMILES string of the molecule is FC(F)(F)C(F)(F)C(F)(F)S. The highest BCUT2D eigenvalue weighted by molar-refractivity contribution is 7.81. The summed E-state index contributed by atoms with van der Waals surface area (Å²) >= 11 is 1.83. The molecule has 0 aromatic carbocycles. The van der Waals surface area contributed by atoms with Crippen LogP contribution in [0.15, 0.2) is 0 Å². The second-order valence-corrected chi connectivity index (χ2v) is 2.18. The molecule has 0 unspecified atom stereocenters. The van der Waals surface area contributed by atoms with Crippen molar-refractivity contribution in [2.45, 2.75) is 17.4 Å². The topological polar surface area (TPSA) is 0 Å². The normalized spacial score (nSPS) is 15.3. The van der Waals surface area contributed by atoms with E-state index < -0.39 is 17.4 Å². The summed E-state index contributed by atoms with van der Waals surface area (Å²) in [4.78, 5) is 0. The number of hydrogen-bond donors (Lipinski definition) is 1. The molecule has 0 rings (SSSR count). The van der Waals surface area contributed by atoms with Crippen molar-refractivity contribution >= 4 is 12.6 Å². The molecule has 0 N–H and O–H groups in total. The first-order chi connectivity index (χ1) is 4.50. The molecule has 0 aromatic heterocycles. The molecule has 0 aromatic rings. The van der Waals surface area contributed by atoms with Gasteiger partial charge in [-0.2, -0.15) is 30.7 Å². The maximum atomic E-state index is 11.5. The molecule has 0 aliphatic heterocycles. The van der Waals surface area contributed by atoms with E-state index in [1.54, 1.807) is 0 Å². The van der Waals surface area contributed by atoms with Crippen molar-refractivity contribution < 1.29 is 30.7 Å². The van der Waals surface area contributed by atoms with Gasteiger partial charge in [-0.25, -0.2) is 0 Å². The van der Waals surface area contributed by atoms with Gasteiger partial charge in [-0.1, -0.05) is 12.6 Å².